The van der Waals surface area contributed by atoms with Gasteiger partial charge in [0.2, 0.25) is 0 Å². The van der Waals surface area contributed by atoms with Crippen molar-refractivity contribution in [3.05, 3.63) is 85.3 Å². The lowest BCUT2D eigenvalue weighted by Gasteiger charge is -2.06. The van der Waals surface area contributed by atoms with E-state index < -0.39 is 17.4 Å². The van der Waals surface area contributed by atoms with E-state index in [0.29, 0.717) is 18.7 Å². The lowest BCUT2D eigenvalue weighted by Crippen LogP contribution is -2.34. The number of rotatable bonds is 6. The molecule has 8 heteroatoms. The monoisotopic (exact) mass is 447 g/mol. The Bertz CT molecular complexity index is 1350. The Kier molecular flexibility index (Phi) is 7.37. The maximum atomic E-state index is 13.0. The number of nitrogens with one attached hydrogen (secondary N) is 1. The fraction of sp³-hybridized carbons (Fsp3) is 0.167. The van der Waals surface area contributed by atoms with Crippen LogP contribution in [0.3, 0.4) is 0 Å². The Morgan fingerprint density at radius 2 is 1.84 bits per heavy atom. The van der Waals surface area contributed by atoms with Gasteiger partial charge in [0.25, 0.3) is 11.5 Å². The van der Waals surface area contributed by atoms with Crippen molar-refractivity contribution in [1.82, 2.24) is 9.88 Å². The smallest absolute Gasteiger partial charge is 0.332 e. The number of aryl methyl sites for hydroxylation is 1. The van der Waals surface area contributed by atoms with Gasteiger partial charge in [-0.15, -0.1) is 11.3 Å². The van der Waals surface area contributed by atoms with E-state index in [2.05, 4.69) is 10.1 Å². The van der Waals surface area contributed by atoms with E-state index in [1.807, 2.05) is 55.5 Å². The SMILES string of the molecule is COC(=O)C=c1sc(=C(C#N)C(=O)NCCc2ccccc2)n(-c2ccc(C)cc2)c1=O. The number of hydrogen-bond acceptors (Lipinski definition) is 6. The first-order valence-electron chi connectivity index (χ1n) is 9.79. The molecule has 0 aliphatic rings. The van der Waals surface area contributed by atoms with Crippen LogP contribution < -0.4 is 20.1 Å². The first-order valence-corrected chi connectivity index (χ1v) is 10.6. The van der Waals surface area contributed by atoms with Crippen LogP contribution in [0.1, 0.15) is 11.1 Å². The Balaban J connectivity index is 2.08. The van der Waals surface area contributed by atoms with Crippen molar-refractivity contribution >= 4 is 34.9 Å². The van der Waals surface area contributed by atoms with Gasteiger partial charge in [-0.25, -0.2) is 4.79 Å². The molecule has 0 aliphatic heterocycles. The van der Waals surface area contributed by atoms with Gasteiger partial charge in [0.1, 0.15) is 15.3 Å². The lowest BCUT2D eigenvalue weighted by atomic mass is 10.1. The number of ether oxygens (including phenoxy) is 1. The molecular weight excluding hydrogens is 426 g/mol. The molecule has 0 unspecified atom stereocenters. The first kappa shape index (κ1) is 22.7. The Hall–Kier alpha value is -3.96. The number of benzene rings is 2. The number of carbonyl (C=O) groups is 2. The molecular formula is C24H21N3O4S. The largest absolute Gasteiger partial charge is 0.466 e. The summed E-state index contributed by atoms with van der Waals surface area (Å²) >= 11 is 0.893. The van der Waals surface area contributed by atoms with Crippen LogP contribution in [0.15, 0.2) is 59.4 Å². The van der Waals surface area contributed by atoms with Gasteiger partial charge in [0, 0.05) is 12.6 Å². The molecule has 162 valence electrons. The van der Waals surface area contributed by atoms with E-state index >= 15 is 0 Å². The standard InChI is InChI=1S/C24H21N3O4S/c1-16-8-10-18(11-9-16)27-23(30)20(14-21(28)31-2)32-24(27)19(15-25)22(29)26-13-12-17-6-4-3-5-7-17/h3-11,14H,12-13H2,1-2H3,(H,26,29). The Morgan fingerprint density at radius 3 is 2.47 bits per heavy atom. The predicted molar refractivity (Wildman–Crippen MR) is 123 cm³/mol. The molecule has 0 radical (unpaired) electrons. The average Bonchev–Trinajstić information content (AvgIpc) is 3.11. The second kappa shape index (κ2) is 10.4. The summed E-state index contributed by atoms with van der Waals surface area (Å²) in [4.78, 5) is 37.6. The third kappa shape index (κ3) is 5.20. The molecule has 1 aromatic heterocycles. The van der Waals surface area contributed by atoms with Gasteiger partial charge in [-0.05, 0) is 31.0 Å². The van der Waals surface area contributed by atoms with Crippen molar-refractivity contribution in [2.24, 2.45) is 0 Å². The zero-order valence-corrected chi connectivity index (χ0v) is 18.4. The number of aromatic nitrogens is 1. The summed E-state index contributed by atoms with van der Waals surface area (Å²) in [6.45, 7) is 2.24. The number of esters is 1. The van der Waals surface area contributed by atoms with E-state index in [4.69, 9.17) is 0 Å². The number of thiazole rings is 1. The predicted octanol–water partition coefficient (Wildman–Crippen LogP) is 1.19. The molecule has 1 N–H and O–H groups in total. The molecule has 0 bridgehead atoms. The van der Waals surface area contributed by atoms with E-state index in [9.17, 15) is 19.6 Å². The van der Waals surface area contributed by atoms with Gasteiger partial charge in [0.05, 0.1) is 12.8 Å². The second-order valence-electron chi connectivity index (χ2n) is 6.89. The van der Waals surface area contributed by atoms with E-state index in [1.54, 1.807) is 12.1 Å². The first-order chi connectivity index (χ1) is 15.4. The van der Waals surface area contributed by atoms with Crippen LogP contribution in [-0.4, -0.2) is 30.1 Å². The summed E-state index contributed by atoms with van der Waals surface area (Å²) < 4.78 is 6.11. The van der Waals surface area contributed by atoms with Crippen molar-refractivity contribution < 1.29 is 14.3 Å². The number of nitriles is 1. The molecule has 0 saturated carbocycles. The molecule has 32 heavy (non-hydrogen) atoms. The fourth-order valence-electron chi connectivity index (χ4n) is 2.99. The van der Waals surface area contributed by atoms with Gasteiger partial charge in [-0.3, -0.25) is 14.2 Å². The number of amides is 1. The van der Waals surface area contributed by atoms with Crippen LogP contribution in [0.4, 0.5) is 0 Å². The highest BCUT2D eigenvalue weighted by Gasteiger charge is 2.17. The van der Waals surface area contributed by atoms with Gasteiger partial charge >= 0.3 is 5.97 Å². The van der Waals surface area contributed by atoms with Crippen molar-refractivity contribution in [2.75, 3.05) is 13.7 Å². The fourth-order valence-corrected chi connectivity index (χ4v) is 4.06. The van der Waals surface area contributed by atoms with Crippen molar-refractivity contribution in [3.63, 3.8) is 0 Å². The molecule has 0 aliphatic carbocycles. The van der Waals surface area contributed by atoms with Crippen molar-refractivity contribution in [1.29, 1.82) is 5.26 Å². The topological polar surface area (TPSA) is 101 Å². The summed E-state index contributed by atoms with van der Waals surface area (Å²) in [5.41, 5.74) is 1.81. The van der Waals surface area contributed by atoms with Crippen LogP contribution in [0.25, 0.3) is 17.3 Å². The van der Waals surface area contributed by atoms with Crippen LogP contribution in [0.2, 0.25) is 0 Å². The third-order valence-electron chi connectivity index (χ3n) is 4.66. The lowest BCUT2D eigenvalue weighted by molar-refractivity contribution is -0.133. The molecule has 3 aromatic rings. The quantitative estimate of drug-likeness (QED) is 0.572. The van der Waals surface area contributed by atoms with Crippen molar-refractivity contribution in [3.8, 4) is 11.8 Å². The highest BCUT2D eigenvalue weighted by Crippen LogP contribution is 2.06. The van der Waals surface area contributed by atoms with E-state index in [-0.39, 0.29) is 14.8 Å². The number of methoxy groups -OCH3 is 1. The summed E-state index contributed by atoms with van der Waals surface area (Å²) in [6.07, 6.45) is 1.66. The molecule has 0 saturated heterocycles. The maximum absolute atomic E-state index is 13.0. The maximum Gasteiger partial charge on any atom is 0.332 e. The minimum Gasteiger partial charge on any atom is -0.466 e. The van der Waals surface area contributed by atoms with E-state index in [1.165, 1.54) is 11.7 Å². The highest BCUT2D eigenvalue weighted by atomic mass is 32.1. The van der Waals surface area contributed by atoms with Gasteiger partial charge in [0.15, 0.2) is 5.57 Å². The average molecular weight is 448 g/mol. The van der Waals surface area contributed by atoms with Gasteiger partial charge in [-0.2, -0.15) is 5.26 Å². The summed E-state index contributed by atoms with van der Waals surface area (Å²) in [5, 5.41) is 12.5. The number of hydrogen-bond donors (Lipinski definition) is 1. The van der Waals surface area contributed by atoms with Crippen molar-refractivity contribution in [2.45, 2.75) is 13.3 Å². The van der Waals surface area contributed by atoms with Gasteiger partial charge in [-0.1, -0.05) is 48.0 Å². The van der Waals surface area contributed by atoms with Crippen LogP contribution in [0.5, 0.6) is 0 Å². The summed E-state index contributed by atoms with van der Waals surface area (Å²) in [6, 6.07) is 18.6. The van der Waals surface area contributed by atoms with Crippen LogP contribution in [0, 0.1) is 18.3 Å². The normalized spacial score (nSPS) is 12.1. The van der Waals surface area contributed by atoms with Crippen LogP contribution >= 0.6 is 11.3 Å². The molecule has 3 rings (SSSR count). The number of carbonyl (C=O) groups excluding carboxylic acids is 2. The van der Waals surface area contributed by atoms with Crippen LogP contribution in [-0.2, 0) is 20.7 Å². The van der Waals surface area contributed by atoms with E-state index in [0.717, 1.165) is 28.5 Å². The minimum absolute atomic E-state index is 0.0669. The summed E-state index contributed by atoms with van der Waals surface area (Å²) in [5.74, 6) is -1.29. The zero-order chi connectivity index (χ0) is 23.1. The zero-order valence-electron chi connectivity index (χ0n) is 17.6. The Labute approximate surface area is 188 Å². The molecule has 1 heterocycles. The molecule has 0 atom stereocenters. The summed E-state index contributed by atoms with van der Waals surface area (Å²) in [7, 11) is 1.21. The molecule has 0 spiro atoms. The molecule has 2 aromatic carbocycles. The third-order valence-corrected chi connectivity index (χ3v) is 5.75. The number of nitrogens with zero attached hydrogens (tertiary/aromatic N) is 2. The molecule has 0 fully saturated rings. The molecule has 1 amide bonds. The minimum atomic E-state index is -0.697. The highest BCUT2D eigenvalue weighted by molar-refractivity contribution is 7.07. The van der Waals surface area contributed by atoms with Gasteiger partial charge < -0.3 is 10.1 Å². The molecule has 7 nitrogen and oxygen atoms in total. The Morgan fingerprint density at radius 1 is 1.16 bits per heavy atom. The second-order valence-corrected chi connectivity index (χ2v) is 7.92.